The summed E-state index contributed by atoms with van der Waals surface area (Å²) >= 11 is 0. The molecule has 5 nitrogen and oxygen atoms in total. The maximum atomic E-state index is 10.4. The van der Waals surface area contributed by atoms with Gasteiger partial charge in [-0.1, -0.05) is 6.92 Å². The molecule has 8 atom stereocenters. The van der Waals surface area contributed by atoms with Gasteiger partial charge in [-0.05, 0) is 26.2 Å². The molecule has 2 aliphatic carbocycles. The lowest BCUT2D eigenvalue weighted by atomic mass is 9.52. The van der Waals surface area contributed by atoms with Crippen molar-refractivity contribution in [2.45, 2.75) is 75.3 Å². The summed E-state index contributed by atoms with van der Waals surface area (Å²) in [6.45, 7) is 4.15. The Balaban J connectivity index is 1.63. The number of ether oxygens (including phenoxy) is 3. The lowest BCUT2D eigenvalue weighted by Gasteiger charge is -2.51. The lowest BCUT2D eigenvalue weighted by Crippen LogP contribution is -2.58. The highest BCUT2D eigenvalue weighted by Crippen LogP contribution is 2.76. The van der Waals surface area contributed by atoms with Gasteiger partial charge in [0.05, 0.1) is 29.8 Å². The van der Waals surface area contributed by atoms with Crippen molar-refractivity contribution in [3.8, 4) is 0 Å². The van der Waals surface area contributed by atoms with Crippen molar-refractivity contribution in [1.82, 2.24) is 0 Å². The van der Waals surface area contributed by atoms with Crippen LogP contribution in [0, 0.1) is 10.8 Å². The van der Waals surface area contributed by atoms with E-state index in [1.165, 1.54) is 0 Å². The van der Waals surface area contributed by atoms with Gasteiger partial charge in [0.2, 0.25) is 0 Å². The van der Waals surface area contributed by atoms with Crippen LogP contribution in [-0.4, -0.2) is 52.6 Å². The molecule has 6 fully saturated rings. The summed E-state index contributed by atoms with van der Waals surface area (Å²) in [7, 11) is 0. The molecule has 1 spiro atoms. The van der Waals surface area contributed by atoms with Crippen LogP contribution in [0.4, 0.5) is 0 Å². The van der Waals surface area contributed by atoms with Crippen molar-refractivity contribution in [2.24, 2.45) is 10.8 Å². The van der Waals surface area contributed by atoms with E-state index in [1.54, 1.807) is 0 Å². The molecule has 0 amide bonds. The minimum absolute atomic E-state index is 0.00808. The van der Waals surface area contributed by atoms with E-state index in [2.05, 4.69) is 6.92 Å². The van der Waals surface area contributed by atoms with Crippen LogP contribution in [0.15, 0.2) is 0 Å². The van der Waals surface area contributed by atoms with Gasteiger partial charge in [0.25, 0.3) is 0 Å². The normalized spacial score (nSPS) is 69.6. The average molecular weight is 282 g/mol. The molecule has 4 heterocycles. The van der Waals surface area contributed by atoms with E-state index in [0.717, 1.165) is 19.3 Å². The van der Waals surface area contributed by atoms with Gasteiger partial charge < -0.3 is 24.4 Å². The van der Waals surface area contributed by atoms with E-state index in [9.17, 15) is 10.2 Å². The molecule has 6 aliphatic rings. The van der Waals surface area contributed by atoms with Crippen molar-refractivity contribution in [3.05, 3.63) is 0 Å². The predicted octanol–water partition coefficient (Wildman–Crippen LogP) is 0.571. The molecule has 5 heteroatoms. The number of aliphatic hydroxyl groups excluding tert-OH is 1. The number of fused-ring (bicyclic) bond motifs is 1. The highest BCUT2D eigenvalue weighted by molar-refractivity contribution is 5.29. The van der Waals surface area contributed by atoms with Crippen molar-refractivity contribution < 1.29 is 24.4 Å². The second kappa shape index (κ2) is 3.10. The topological polar surface area (TPSA) is 71.5 Å². The number of rotatable bonds is 1. The Labute approximate surface area is 118 Å². The van der Waals surface area contributed by atoms with Crippen LogP contribution in [-0.2, 0) is 14.2 Å². The largest absolute Gasteiger partial charge is 0.393 e. The summed E-state index contributed by atoms with van der Waals surface area (Å²) in [5, 5.41) is 20.4. The number of aliphatic hydroxyl groups is 2. The maximum Gasteiger partial charge on any atom is 0.167 e. The second-order valence-corrected chi connectivity index (χ2v) is 7.98. The summed E-state index contributed by atoms with van der Waals surface area (Å²) in [6, 6.07) is 0. The molecule has 6 rings (SSSR count). The van der Waals surface area contributed by atoms with Gasteiger partial charge in [-0.15, -0.1) is 0 Å². The molecule has 0 aromatic rings. The molecular weight excluding hydrogens is 260 g/mol. The zero-order valence-electron chi connectivity index (χ0n) is 12.0. The molecule has 4 bridgehead atoms. The Morgan fingerprint density at radius 3 is 2.65 bits per heavy atom. The summed E-state index contributed by atoms with van der Waals surface area (Å²) in [6.07, 6.45) is 3.10. The molecule has 0 aromatic heterocycles. The number of epoxide rings is 1. The quantitative estimate of drug-likeness (QED) is 0.688. The van der Waals surface area contributed by atoms with Gasteiger partial charge >= 0.3 is 0 Å². The summed E-state index contributed by atoms with van der Waals surface area (Å²) in [5.74, 6) is 0. The van der Waals surface area contributed by atoms with Crippen molar-refractivity contribution in [1.29, 1.82) is 0 Å². The van der Waals surface area contributed by atoms with Crippen LogP contribution in [0.5, 0.6) is 0 Å². The Kier molecular flexibility index (Phi) is 1.92. The smallest absolute Gasteiger partial charge is 0.167 e. The average Bonchev–Trinajstić information content (AvgIpc) is 3.14. The Bertz CT molecular complexity index is 493. The van der Waals surface area contributed by atoms with E-state index >= 15 is 0 Å². The zero-order chi connectivity index (χ0) is 14.0. The number of hydrogen-bond acceptors (Lipinski definition) is 5. The van der Waals surface area contributed by atoms with Crippen LogP contribution >= 0.6 is 0 Å². The first-order chi connectivity index (χ1) is 9.39. The molecule has 4 saturated heterocycles. The van der Waals surface area contributed by atoms with E-state index in [4.69, 9.17) is 14.2 Å². The van der Waals surface area contributed by atoms with Crippen LogP contribution in [0.25, 0.3) is 0 Å². The first-order valence-electron chi connectivity index (χ1n) is 7.71. The fourth-order valence-corrected chi connectivity index (χ4v) is 5.93. The molecule has 0 aromatic carbocycles. The third-order valence-corrected chi connectivity index (χ3v) is 7.21. The monoisotopic (exact) mass is 282 g/mol. The van der Waals surface area contributed by atoms with Gasteiger partial charge in [0, 0.05) is 11.8 Å². The minimum atomic E-state index is -0.738. The molecule has 20 heavy (non-hydrogen) atoms. The third-order valence-electron chi connectivity index (χ3n) is 7.21. The Morgan fingerprint density at radius 1 is 1.10 bits per heavy atom. The molecular formula is C15H22O5. The summed E-state index contributed by atoms with van der Waals surface area (Å²) < 4.78 is 18.2. The summed E-state index contributed by atoms with van der Waals surface area (Å²) in [4.78, 5) is 0. The fourth-order valence-electron chi connectivity index (χ4n) is 5.93. The molecule has 112 valence electrons. The highest BCUT2D eigenvalue weighted by Gasteiger charge is 2.85. The first-order valence-corrected chi connectivity index (χ1v) is 7.71. The van der Waals surface area contributed by atoms with E-state index in [0.29, 0.717) is 6.42 Å². The van der Waals surface area contributed by atoms with Gasteiger partial charge in [-0.25, -0.2) is 0 Å². The molecule has 2 N–H and O–H groups in total. The minimum Gasteiger partial charge on any atom is -0.393 e. The Hall–Kier alpha value is -0.200. The molecule has 2 saturated carbocycles. The number of hydrogen-bond donors (Lipinski definition) is 2. The van der Waals surface area contributed by atoms with E-state index in [1.807, 2.05) is 6.92 Å². The standard InChI is InChI=1S/C15H22O5/c1-12(17)3-4-15(10-9(12)19-10)11-18-8-5-13(15,2)14(6-8,7-16)20-11/h8-11,16-17H,3-7H2,1-2H3/t8-,9?,10?,11-,12-,13+,14+,15+/m1/s1. The van der Waals surface area contributed by atoms with E-state index < -0.39 is 11.2 Å². The predicted molar refractivity (Wildman–Crippen MR) is 67.9 cm³/mol. The molecule has 0 radical (unpaired) electrons. The summed E-state index contributed by atoms with van der Waals surface area (Å²) in [5.41, 5.74) is -1.52. The van der Waals surface area contributed by atoms with Gasteiger partial charge in [0.1, 0.15) is 11.7 Å². The van der Waals surface area contributed by atoms with Crippen LogP contribution < -0.4 is 0 Å². The zero-order valence-corrected chi connectivity index (χ0v) is 12.0. The third kappa shape index (κ3) is 1.00. The molecule has 2 unspecified atom stereocenters. The first kappa shape index (κ1) is 12.4. The van der Waals surface area contributed by atoms with Crippen LogP contribution in [0.2, 0.25) is 0 Å². The highest BCUT2D eigenvalue weighted by atomic mass is 16.7. The van der Waals surface area contributed by atoms with Crippen molar-refractivity contribution >= 4 is 0 Å². The Morgan fingerprint density at radius 2 is 1.90 bits per heavy atom. The fraction of sp³-hybridized carbons (Fsp3) is 1.00. The maximum absolute atomic E-state index is 10.4. The second-order valence-electron chi connectivity index (χ2n) is 7.98. The van der Waals surface area contributed by atoms with Gasteiger partial charge in [-0.3, -0.25) is 0 Å². The lowest BCUT2D eigenvalue weighted by molar-refractivity contribution is -0.272. The SMILES string of the molecule is C[C@]12C[C@@H]3C[C@@]1(CO)O[C@@H](O3)[C@@]21CC[C@@](C)(O)C2OC21. The van der Waals surface area contributed by atoms with E-state index in [-0.39, 0.29) is 42.0 Å². The van der Waals surface area contributed by atoms with Gasteiger partial charge in [-0.2, -0.15) is 0 Å². The molecule has 4 aliphatic heterocycles. The van der Waals surface area contributed by atoms with Crippen LogP contribution in [0.3, 0.4) is 0 Å². The van der Waals surface area contributed by atoms with Crippen LogP contribution in [0.1, 0.15) is 39.5 Å². The van der Waals surface area contributed by atoms with Gasteiger partial charge in [0.15, 0.2) is 6.29 Å². The van der Waals surface area contributed by atoms with Crippen molar-refractivity contribution in [3.63, 3.8) is 0 Å². The van der Waals surface area contributed by atoms with Crippen molar-refractivity contribution in [2.75, 3.05) is 6.61 Å².